The van der Waals surface area contributed by atoms with Crippen molar-refractivity contribution in [1.82, 2.24) is 0 Å². The first-order valence-electron chi connectivity index (χ1n) is 6.14. The summed E-state index contributed by atoms with van der Waals surface area (Å²) in [5.41, 5.74) is 6.00. The zero-order chi connectivity index (χ0) is 15.5. The van der Waals surface area contributed by atoms with E-state index >= 15 is 0 Å². The van der Waals surface area contributed by atoms with Crippen LogP contribution in [0, 0.1) is 5.92 Å². The van der Waals surface area contributed by atoms with Crippen LogP contribution in [0.3, 0.4) is 0 Å². The van der Waals surface area contributed by atoms with Crippen molar-refractivity contribution < 1.29 is 23.0 Å². The zero-order valence-electron chi connectivity index (χ0n) is 11.5. The third-order valence-corrected chi connectivity index (χ3v) is 3.64. The molecule has 0 spiro atoms. The predicted molar refractivity (Wildman–Crippen MR) is 80.5 cm³/mol. The first-order chi connectivity index (χ1) is 9.15. The van der Waals surface area contributed by atoms with Crippen LogP contribution in [0.25, 0.3) is 0 Å². The molecule has 0 saturated carbocycles. The van der Waals surface area contributed by atoms with Crippen molar-refractivity contribution in [2.45, 2.75) is 38.8 Å². The molecule has 0 aliphatic heterocycles. The Morgan fingerprint density at radius 1 is 1.38 bits per heavy atom. The topological polar surface area (TPSA) is 55.5 Å². The molecule has 1 aromatic rings. The molecule has 1 aromatic carbocycles. The number of aliphatic hydroxyl groups is 1. The van der Waals surface area contributed by atoms with Gasteiger partial charge in [0.2, 0.25) is 0 Å². The Bertz CT molecular complexity index is 460. The standard InChI is InChI=1S/C13H17BrF3NO2.ClH/c1-3-7(2)12(19)11(18)9-6-8(14)4-5-10(9)20-13(15,16)17;/h4-7,11-12,19H,3,18H2,1-2H3;1H/t7?,11-,12+;/m0./s1. The molecule has 1 unspecified atom stereocenters. The van der Waals surface area contributed by atoms with E-state index in [2.05, 4.69) is 20.7 Å². The second kappa shape index (κ2) is 8.22. The Hall–Kier alpha value is -0.500. The number of hydrogen-bond acceptors (Lipinski definition) is 3. The van der Waals surface area contributed by atoms with Crippen LogP contribution in [0.4, 0.5) is 13.2 Å². The Balaban J connectivity index is 0.00000400. The van der Waals surface area contributed by atoms with Crippen LogP contribution in [0.2, 0.25) is 0 Å². The van der Waals surface area contributed by atoms with E-state index in [1.165, 1.54) is 18.2 Å². The van der Waals surface area contributed by atoms with Crippen molar-refractivity contribution in [2.24, 2.45) is 11.7 Å². The van der Waals surface area contributed by atoms with Gasteiger partial charge in [-0.05, 0) is 24.1 Å². The van der Waals surface area contributed by atoms with Gasteiger partial charge in [-0.25, -0.2) is 0 Å². The molecule has 0 amide bonds. The van der Waals surface area contributed by atoms with Crippen molar-refractivity contribution in [1.29, 1.82) is 0 Å². The van der Waals surface area contributed by atoms with Gasteiger partial charge >= 0.3 is 6.36 Å². The summed E-state index contributed by atoms with van der Waals surface area (Å²) in [6.45, 7) is 3.65. The number of halogens is 5. The van der Waals surface area contributed by atoms with E-state index in [1.54, 1.807) is 6.92 Å². The lowest BCUT2D eigenvalue weighted by molar-refractivity contribution is -0.275. The number of rotatable bonds is 5. The summed E-state index contributed by atoms with van der Waals surface area (Å²) in [5, 5.41) is 10.1. The fourth-order valence-electron chi connectivity index (χ4n) is 1.78. The molecule has 0 aliphatic carbocycles. The van der Waals surface area contributed by atoms with E-state index in [0.29, 0.717) is 10.9 Å². The molecule has 122 valence electrons. The van der Waals surface area contributed by atoms with Crippen molar-refractivity contribution in [3.05, 3.63) is 28.2 Å². The van der Waals surface area contributed by atoms with E-state index in [0.717, 1.165) is 0 Å². The summed E-state index contributed by atoms with van der Waals surface area (Å²) in [4.78, 5) is 0. The van der Waals surface area contributed by atoms with Gasteiger partial charge in [-0.15, -0.1) is 25.6 Å². The van der Waals surface area contributed by atoms with Crippen LogP contribution in [-0.4, -0.2) is 17.6 Å². The molecule has 1 rings (SSSR count). The Kier molecular flexibility index (Phi) is 8.02. The van der Waals surface area contributed by atoms with Crippen LogP contribution in [-0.2, 0) is 0 Å². The van der Waals surface area contributed by atoms with Gasteiger partial charge in [0.15, 0.2) is 0 Å². The lowest BCUT2D eigenvalue weighted by atomic mass is 9.91. The van der Waals surface area contributed by atoms with Crippen LogP contribution in [0.15, 0.2) is 22.7 Å². The van der Waals surface area contributed by atoms with Gasteiger partial charge in [0.25, 0.3) is 0 Å². The maximum atomic E-state index is 12.4. The lowest BCUT2D eigenvalue weighted by Crippen LogP contribution is -2.32. The monoisotopic (exact) mass is 391 g/mol. The molecule has 0 aliphatic rings. The van der Waals surface area contributed by atoms with Gasteiger partial charge in [-0.3, -0.25) is 0 Å². The highest BCUT2D eigenvalue weighted by Crippen LogP contribution is 2.34. The smallest absolute Gasteiger partial charge is 0.405 e. The first kappa shape index (κ1) is 20.5. The van der Waals surface area contributed by atoms with Crippen LogP contribution in [0.1, 0.15) is 31.9 Å². The van der Waals surface area contributed by atoms with Gasteiger partial charge in [-0.1, -0.05) is 36.2 Å². The number of benzene rings is 1. The average molecular weight is 393 g/mol. The van der Waals surface area contributed by atoms with Gasteiger partial charge in [0.1, 0.15) is 5.75 Å². The molecular formula is C13H18BrClF3NO2. The molecule has 0 aromatic heterocycles. The van der Waals surface area contributed by atoms with Crippen molar-refractivity contribution >= 4 is 28.3 Å². The highest BCUT2D eigenvalue weighted by atomic mass is 79.9. The molecule has 0 bridgehead atoms. The van der Waals surface area contributed by atoms with Crippen molar-refractivity contribution in [3.8, 4) is 5.75 Å². The van der Waals surface area contributed by atoms with E-state index in [9.17, 15) is 18.3 Å². The van der Waals surface area contributed by atoms with Gasteiger partial charge < -0.3 is 15.6 Å². The number of hydrogen-bond donors (Lipinski definition) is 2. The third-order valence-electron chi connectivity index (χ3n) is 3.15. The summed E-state index contributed by atoms with van der Waals surface area (Å²) in [7, 11) is 0. The fraction of sp³-hybridized carbons (Fsp3) is 0.538. The minimum absolute atomic E-state index is 0. The molecule has 8 heteroatoms. The predicted octanol–water partition coefficient (Wildman–Crippen LogP) is 4.18. The normalized spacial score (nSPS) is 15.8. The average Bonchev–Trinajstić information content (AvgIpc) is 2.36. The molecular weight excluding hydrogens is 374 g/mol. The molecule has 0 fully saturated rings. The summed E-state index contributed by atoms with van der Waals surface area (Å²) >= 11 is 3.17. The largest absolute Gasteiger partial charge is 0.573 e. The minimum Gasteiger partial charge on any atom is -0.405 e. The minimum atomic E-state index is -4.80. The van der Waals surface area contributed by atoms with Gasteiger partial charge in [0, 0.05) is 10.0 Å². The van der Waals surface area contributed by atoms with Crippen LogP contribution >= 0.6 is 28.3 Å². The van der Waals surface area contributed by atoms with Gasteiger partial charge in [-0.2, -0.15) is 0 Å². The highest BCUT2D eigenvalue weighted by molar-refractivity contribution is 9.10. The molecule has 21 heavy (non-hydrogen) atoms. The second-order valence-corrected chi connectivity index (χ2v) is 5.55. The lowest BCUT2D eigenvalue weighted by Gasteiger charge is -2.26. The number of ether oxygens (including phenoxy) is 1. The number of nitrogens with two attached hydrogens (primary N) is 1. The second-order valence-electron chi connectivity index (χ2n) is 4.63. The fourth-order valence-corrected chi connectivity index (χ4v) is 2.16. The van der Waals surface area contributed by atoms with E-state index in [4.69, 9.17) is 5.73 Å². The molecule has 3 N–H and O–H groups in total. The maximum absolute atomic E-state index is 12.4. The molecule has 0 radical (unpaired) electrons. The van der Waals surface area contributed by atoms with Crippen LogP contribution < -0.4 is 10.5 Å². The summed E-state index contributed by atoms with van der Waals surface area (Å²) in [6, 6.07) is 3.07. The number of alkyl halides is 3. The summed E-state index contributed by atoms with van der Waals surface area (Å²) in [6.07, 6.45) is -5.09. The van der Waals surface area contributed by atoms with E-state index < -0.39 is 24.3 Å². The zero-order valence-corrected chi connectivity index (χ0v) is 13.9. The SMILES string of the molecule is CCC(C)[C@@H](O)[C@@H](N)c1cc(Br)ccc1OC(F)(F)F.Cl. The van der Waals surface area contributed by atoms with Crippen molar-refractivity contribution in [2.75, 3.05) is 0 Å². The Labute approximate surface area is 136 Å². The highest BCUT2D eigenvalue weighted by Gasteiger charge is 2.34. The summed E-state index contributed by atoms with van der Waals surface area (Å²) in [5.74, 6) is -0.529. The number of aliphatic hydroxyl groups excluding tert-OH is 1. The van der Waals surface area contributed by atoms with Crippen LogP contribution in [0.5, 0.6) is 5.75 Å². The van der Waals surface area contributed by atoms with E-state index in [-0.39, 0.29) is 23.9 Å². The quantitative estimate of drug-likeness (QED) is 0.790. The molecule has 3 nitrogen and oxygen atoms in total. The first-order valence-corrected chi connectivity index (χ1v) is 6.93. The molecule has 0 heterocycles. The Morgan fingerprint density at radius 3 is 2.43 bits per heavy atom. The Morgan fingerprint density at radius 2 is 1.95 bits per heavy atom. The molecule has 0 saturated heterocycles. The van der Waals surface area contributed by atoms with Gasteiger partial charge in [0.05, 0.1) is 12.1 Å². The van der Waals surface area contributed by atoms with Crippen molar-refractivity contribution in [3.63, 3.8) is 0 Å². The third kappa shape index (κ3) is 6.02. The van der Waals surface area contributed by atoms with E-state index in [1.807, 2.05) is 6.92 Å². The molecule has 3 atom stereocenters. The maximum Gasteiger partial charge on any atom is 0.573 e. The summed E-state index contributed by atoms with van der Waals surface area (Å²) < 4.78 is 41.6.